The SMILES string of the molecule is COc1nc(-c2cccc(-c3cccc(NC(=O)c4ccnn(C)c4=O)c3Cl)c2Cl)ccc1CN1CCN(C(C)=O)CC1. The molecule has 1 fully saturated rings. The molecule has 0 spiro atoms. The molecule has 5 rings (SSSR count). The van der Waals surface area contributed by atoms with Crippen LogP contribution in [0.4, 0.5) is 5.69 Å². The Morgan fingerprint density at radius 3 is 2.30 bits per heavy atom. The van der Waals surface area contributed by atoms with Gasteiger partial charge in [-0.15, -0.1) is 0 Å². The summed E-state index contributed by atoms with van der Waals surface area (Å²) >= 11 is 13.7. The first-order valence-corrected chi connectivity index (χ1v) is 14.4. The third kappa shape index (κ3) is 6.41. The van der Waals surface area contributed by atoms with E-state index in [0.717, 1.165) is 23.3 Å². The highest BCUT2D eigenvalue weighted by molar-refractivity contribution is 6.39. The van der Waals surface area contributed by atoms with Gasteiger partial charge in [-0.25, -0.2) is 9.67 Å². The Morgan fingerprint density at radius 2 is 1.60 bits per heavy atom. The van der Waals surface area contributed by atoms with Gasteiger partial charge in [-0.3, -0.25) is 19.3 Å². The van der Waals surface area contributed by atoms with Gasteiger partial charge in [0.15, 0.2) is 0 Å². The summed E-state index contributed by atoms with van der Waals surface area (Å²) in [6.45, 7) is 5.19. The van der Waals surface area contributed by atoms with Crippen molar-refractivity contribution in [3.8, 4) is 28.3 Å². The van der Waals surface area contributed by atoms with Crippen molar-refractivity contribution in [1.29, 1.82) is 0 Å². The summed E-state index contributed by atoms with van der Waals surface area (Å²) in [5.41, 5.74) is 3.25. The van der Waals surface area contributed by atoms with Crippen LogP contribution >= 0.6 is 23.2 Å². The van der Waals surface area contributed by atoms with E-state index in [1.807, 2.05) is 35.2 Å². The largest absolute Gasteiger partial charge is 0.481 e. The molecule has 3 heterocycles. The third-order valence-electron chi connectivity index (χ3n) is 7.41. The lowest BCUT2D eigenvalue weighted by molar-refractivity contribution is -0.130. The number of aromatic nitrogens is 3. The highest BCUT2D eigenvalue weighted by Crippen LogP contribution is 2.41. The molecule has 0 aliphatic carbocycles. The molecule has 12 heteroatoms. The molecule has 0 unspecified atom stereocenters. The number of methoxy groups -OCH3 is 1. The number of hydrogen-bond acceptors (Lipinski definition) is 7. The van der Waals surface area contributed by atoms with Gasteiger partial charge >= 0.3 is 0 Å². The second-order valence-electron chi connectivity index (χ2n) is 10.1. The Morgan fingerprint density at radius 1 is 0.930 bits per heavy atom. The number of ether oxygens (including phenoxy) is 1. The summed E-state index contributed by atoms with van der Waals surface area (Å²) in [7, 11) is 3.06. The summed E-state index contributed by atoms with van der Waals surface area (Å²) in [6, 6.07) is 16.0. The number of hydrogen-bond donors (Lipinski definition) is 1. The van der Waals surface area contributed by atoms with Gasteiger partial charge in [-0.05, 0) is 18.2 Å². The number of amides is 2. The molecule has 1 aliphatic rings. The van der Waals surface area contributed by atoms with Crippen LogP contribution in [0, 0.1) is 0 Å². The number of nitrogens with one attached hydrogen (secondary N) is 1. The Hall–Kier alpha value is -4.25. The number of piperazine rings is 1. The number of rotatable bonds is 7. The minimum absolute atomic E-state index is 0.0548. The zero-order valence-electron chi connectivity index (χ0n) is 23.9. The van der Waals surface area contributed by atoms with E-state index in [4.69, 9.17) is 32.9 Å². The summed E-state index contributed by atoms with van der Waals surface area (Å²) < 4.78 is 6.74. The molecule has 43 heavy (non-hydrogen) atoms. The number of anilines is 1. The summed E-state index contributed by atoms with van der Waals surface area (Å²) in [5.74, 6) is -0.00542. The normalized spacial score (nSPS) is 13.6. The fourth-order valence-corrected chi connectivity index (χ4v) is 5.62. The van der Waals surface area contributed by atoms with E-state index < -0.39 is 11.5 Å². The lowest BCUT2D eigenvalue weighted by Crippen LogP contribution is -2.47. The molecular weight excluding hydrogens is 591 g/mol. The van der Waals surface area contributed by atoms with Gasteiger partial charge in [0.2, 0.25) is 11.8 Å². The quantitative estimate of drug-likeness (QED) is 0.318. The fourth-order valence-electron chi connectivity index (χ4n) is 5.02. The van der Waals surface area contributed by atoms with Crippen LogP contribution < -0.4 is 15.6 Å². The van der Waals surface area contributed by atoms with Crippen molar-refractivity contribution < 1.29 is 14.3 Å². The van der Waals surface area contributed by atoms with E-state index in [1.54, 1.807) is 32.2 Å². The van der Waals surface area contributed by atoms with Gasteiger partial charge in [0.05, 0.1) is 28.5 Å². The molecule has 1 saturated heterocycles. The molecule has 0 atom stereocenters. The standard InChI is InChI=1S/C31H30Cl2N6O4/c1-19(40)39-16-14-38(15-17-39)18-20-10-11-25(36-30(20)43-3)23-8-4-6-21(27(23)32)22-7-5-9-26(28(22)33)35-29(41)24-12-13-34-37(2)31(24)42/h4-13H,14-18H2,1-3H3,(H,35,41). The summed E-state index contributed by atoms with van der Waals surface area (Å²) in [4.78, 5) is 45.8. The fraction of sp³-hybridized carbons (Fsp3) is 0.258. The molecule has 2 aromatic carbocycles. The number of halogens is 2. The highest BCUT2D eigenvalue weighted by Gasteiger charge is 2.22. The maximum atomic E-state index is 12.9. The first-order valence-electron chi connectivity index (χ1n) is 13.6. The van der Waals surface area contributed by atoms with E-state index in [1.165, 1.54) is 19.3 Å². The van der Waals surface area contributed by atoms with E-state index >= 15 is 0 Å². The Labute approximate surface area is 258 Å². The van der Waals surface area contributed by atoms with Crippen molar-refractivity contribution >= 4 is 40.7 Å². The van der Waals surface area contributed by atoms with Crippen LogP contribution in [0.25, 0.3) is 22.4 Å². The monoisotopic (exact) mass is 620 g/mol. The highest BCUT2D eigenvalue weighted by atomic mass is 35.5. The maximum absolute atomic E-state index is 12.9. The molecule has 1 N–H and O–H groups in total. The number of carbonyl (C=O) groups excluding carboxylic acids is 2. The van der Waals surface area contributed by atoms with Crippen molar-refractivity contribution in [1.82, 2.24) is 24.6 Å². The summed E-state index contributed by atoms with van der Waals surface area (Å²) in [6.07, 6.45) is 1.38. The van der Waals surface area contributed by atoms with Gasteiger partial charge in [-0.1, -0.05) is 59.6 Å². The van der Waals surface area contributed by atoms with Gasteiger partial charge in [-0.2, -0.15) is 5.10 Å². The Bertz CT molecular complexity index is 1750. The first kappa shape index (κ1) is 30.2. The molecule has 0 saturated carbocycles. The molecule has 222 valence electrons. The number of benzene rings is 2. The zero-order chi connectivity index (χ0) is 30.7. The maximum Gasteiger partial charge on any atom is 0.279 e. The van der Waals surface area contributed by atoms with Crippen LogP contribution in [0.1, 0.15) is 22.8 Å². The second kappa shape index (κ2) is 12.9. The van der Waals surface area contributed by atoms with Crippen LogP contribution in [0.3, 0.4) is 0 Å². The molecule has 2 amide bonds. The third-order valence-corrected chi connectivity index (χ3v) is 8.22. The number of aryl methyl sites for hydroxylation is 1. The molecular formula is C31H30Cl2N6O4. The van der Waals surface area contributed by atoms with Gasteiger partial charge in [0, 0.05) is 75.1 Å². The minimum atomic E-state index is -0.598. The topological polar surface area (TPSA) is 110 Å². The van der Waals surface area contributed by atoms with Gasteiger partial charge in [0.1, 0.15) is 5.56 Å². The van der Waals surface area contributed by atoms with Crippen LogP contribution in [-0.2, 0) is 18.4 Å². The van der Waals surface area contributed by atoms with Crippen LogP contribution in [0.2, 0.25) is 10.0 Å². The molecule has 10 nitrogen and oxygen atoms in total. The molecule has 2 aromatic heterocycles. The number of carbonyl (C=O) groups is 2. The van der Waals surface area contributed by atoms with E-state index in [-0.39, 0.29) is 16.5 Å². The number of pyridine rings is 1. The lowest BCUT2D eigenvalue weighted by Gasteiger charge is -2.34. The van der Waals surface area contributed by atoms with E-state index in [0.29, 0.717) is 58.6 Å². The predicted octanol–water partition coefficient (Wildman–Crippen LogP) is 4.74. The Balaban J connectivity index is 1.40. The first-order chi connectivity index (χ1) is 20.7. The zero-order valence-corrected chi connectivity index (χ0v) is 25.4. The van der Waals surface area contributed by atoms with Crippen molar-refractivity contribution in [2.75, 3.05) is 38.6 Å². The van der Waals surface area contributed by atoms with Crippen LogP contribution in [-0.4, -0.2) is 69.7 Å². The summed E-state index contributed by atoms with van der Waals surface area (Å²) in [5, 5.41) is 7.27. The molecule has 4 aromatic rings. The van der Waals surface area contributed by atoms with Crippen molar-refractivity contribution in [2.45, 2.75) is 13.5 Å². The van der Waals surface area contributed by atoms with Gasteiger partial charge in [0.25, 0.3) is 11.5 Å². The van der Waals surface area contributed by atoms with E-state index in [9.17, 15) is 14.4 Å². The molecule has 0 radical (unpaired) electrons. The average Bonchev–Trinajstić information content (AvgIpc) is 3.00. The predicted molar refractivity (Wildman–Crippen MR) is 167 cm³/mol. The lowest BCUT2D eigenvalue weighted by atomic mass is 10.00. The number of nitrogens with zero attached hydrogens (tertiary/aromatic N) is 5. The average molecular weight is 622 g/mol. The van der Waals surface area contributed by atoms with Crippen molar-refractivity contribution in [3.63, 3.8) is 0 Å². The van der Waals surface area contributed by atoms with Crippen molar-refractivity contribution in [3.05, 3.63) is 92.3 Å². The van der Waals surface area contributed by atoms with Crippen molar-refractivity contribution in [2.24, 2.45) is 7.05 Å². The van der Waals surface area contributed by atoms with E-state index in [2.05, 4.69) is 15.3 Å². The van der Waals surface area contributed by atoms with Crippen LogP contribution in [0.15, 0.2) is 65.6 Å². The second-order valence-corrected chi connectivity index (χ2v) is 10.9. The van der Waals surface area contributed by atoms with Gasteiger partial charge < -0.3 is 15.0 Å². The Kier molecular flexibility index (Phi) is 9.10. The smallest absolute Gasteiger partial charge is 0.279 e. The molecule has 1 aliphatic heterocycles. The van der Waals surface area contributed by atoms with Crippen LogP contribution in [0.5, 0.6) is 5.88 Å². The molecule has 0 bridgehead atoms. The minimum Gasteiger partial charge on any atom is -0.481 e.